The fraction of sp³-hybridized carbons (Fsp3) is 0.833. The summed E-state index contributed by atoms with van der Waals surface area (Å²) in [7, 11) is 2.04. The molecule has 0 aromatic carbocycles. The van der Waals surface area contributed by atoms with Gasteiger partial charge in [-0.3, -0.25) is 9.59 Å². The second kappa shape index (κ2) is 6.59. The predicted octanol–water partition coefficient (Wildman–Crippen LogP) is 0.0652. The van der Waals surface area contributed by atoms with Gasteiger partial charge in [0.1, 0.15) is 6.42 Å². The Kier molecular flexibility index (Phi) is 5.41. The summed E-state index contributed by atoms with van der Waals surface area (Å²) in [4.78, 5) is 27.3. The van der Waals surface area contributed by atoms with Gasteiger partial charge in [-0.15, -0.1) is 0 Å². The number of carbonyl (C=O) groups is 2. The van der Waals surface area contributed by atoms with Crippen LogP contribution in [0.3, 0.4) is 0 Å². The van der Waals surface area contributed by atoms with Crippen LogP contribution in [0.15, 0.2) is 0 Å². The van der Waals surface area contributed by atoms with Gasteiger partial charge < -0.3 is 15.1 Å². The van der Waals surface area contributed by atoms with Crippen molar-refractivity contribution in [1.82, 2.24) is 15.1 Å². The quantitative estimate of drug-likeness (QED) is 0.708. The van der Waals surface area contributed by atoms with Gasteiger partial charge in [0.25, 0.3) is 0 Å². The van der Waals surface area contributed by atoms with Crippen LogP contribution in [0.5, 0.6) is 0 Å². The summed E-state index contributed by atoms with van der Waals surface area (Å²) in [5.74, 6) is -0.220. The molecule has 0 aromatic rings. The SMILES string of the molecule is CCC(C)NC(=O)CC(=O)N1CCN(C)CC1. The predicted molar refractivity (Wildman–Crippen MR) is 66.6 cm³/mol. The molecule has 1 heterocycles. The Labute approximate surface area is 103 Å². The summed E-state index contributed by atoms with van der Waals surface area (Å²) in [5.41, 5.74) is 0. The van der Waals surface area contributed by atoms with Gasteiger partial charge >= 0.3 is 0 Å². The van der Waals surface area contributed by atoms with E-state index < -0.39 is 0 Å². The Bertz CT molecular complexity index is 273. The van der Waals surface area contributed by atoms with Crippen LogP contribution < -0.4 is 5.32 Å². The number of likely N-dealkylation sites (N-methyl/N-ethyl adjacent to an activating group) is 1. The number of nitrogens with one attached hydrogen (secondary N) is 1. The molecule has 1 fully saturated rings. The minimum Gasteiger partial charge on any atom is -0.353 e. The molecule has 1 N–H and O–H groups in total. The first kappa shape index (κ1) is 14.0. The van der Waals surface area contributed by atoms with Crippen LogP contribution >= 0.6 is 0 Å². The van der Waals surface area contributed by atoms with Crippen molar-refractivity contribution in [2.75, 3.05) is 33.2 Å². The van der Waals surface area contributed by atoms with Crippen molar-refractivity contribution in [3.63, 3.8) is 0 Å². The van der Waals surface area contributed by atoms with Gasteiger partial charge in [-0.2, -0.15) is 0 Å². The Morgan fingerprint density at radius 1 is 1.24 bits per heavy atom. The topological polar surface area (TPSA) is 52.7 Å². The van der Waals surface area contributed by atoms with Gasteiger partial charge in [0, 0.05) is 32.2 Å². The summed E-state index contributed by atoms with van der Waals surface area (Å²) < 4.78 is 0. The zero-order valence-electron chi connectivity index (χ0n) is 11.0. The van der Waals surface area contributed by atoms with Crippen LogP contribution in [-0.2, 0) is 9.59 Å². The van der Waals surface area contributed by atoms with E-state index in [1.807, 2.05) is 20.9 Å². The molecular formula is C12H23N3O2. The average Bonchev–Trinajstić information content (AvgIpc) is 2.29. The second-order valence-corrected chi connectivity index (χ2v) is 4.74. The van der Waals surface area contributed by atoms with Crippen molar-refractivity contribution >= 4 is 11.8 Å². The van der Waals surface area contributed by atoms with Crippen molar-refractivity contribution in [1.29, 1.82) is 0 Å². The lowest BCUT2D eigenvalue weighted by atomic mass is 10.2. The molecular weight excluding hydrogens is 218 g/mol. The van der Waals surface area contributed by atoms with Gasteiger partial charge in [0.2, 0.25) is 11.8 Å². The molecule has 1 unspecified atom stereocenters. The standard InChI is InChI=1S/C12H23N3O2/c1-4-10(2)13-11(16)9-12(17)15-7-5-14(3)6-8-15/h10H,4-9H2,1-3H3,(H,13,16). The maximum absolute atomic E-state index is 11.8. The number of amides is 2. The fourth-order valence-electron chi connectivity index (χ4n) is 1.73. The van der Waals surface area contributed by atoms with Gasteiger partial charge in [0.15, 0.2) is 0 Å². The first-order chi connectivity index (χ1) is 8.02. The molecule has 1 rings (SSSR count). The van der Waals surface area contributed by atoms with Crippen LogP contribution in [0.1, 0.15) is 26.7 Å². The highest BCUT2D eigenvalue weighted by atomic mass is 16.2. The van der Waals surface area contributed by atoms with Gasteiger partial charge in [0.05, 0.1) is 0 Å². The van der Waals surface area contributed by atoms with E-state index in [0.717, 1.165) is 32.6 Å². The molecule has 0 spiro atoms. The Balaban J connectivity index is 2.31. The molecule has 5 heteroatoms. The third-order valence-corrected chi connectivity index (χ3v) is 3.19. The van der Waals surface area contributed by atoms with Crippen molar-refractivity contribution in [2.24, 2.45) is 0 Å². The molecule has 5 nitrogen and oxygen atoms in total. The minimum atomic E-state index is -0.164. The summed E-state index contributed by atoms with van der Waals surface area (Å²) in [6, 6.07) is 0.141. The van der Waals surface area contributed by atoms with E-state index in [2.05, 4.69) is 10.2 Å². The number of rotatable bonds is 4. The molecule has 0 radical (unpaired) electrons. The molecule has 0 saturated carbocycles. The van der Waals surface area contributed by atoms with E-state index in [-0.39, 0.29) is 24.3 Å². The number of carbonyl (C=O) groups excluding carboxylic acids is 2. The maximum Gasteiger partial charge on any atom is 0.232 e. The van der Waals surface area contributed by atoms with Gasteiger partial charge in [-0.25, -0.2) is 0 Å². The molecule has 0 aliphatic carbocycles. The van der Waals surface area contributed by atoms with Crippen LogP contribution in [0, 0.1) is 0 Å². The highest BCUT2D eigenvalue weighted by Gasteiger charge is 2.21. The van der Waals surface area contributed by atoms with E-state index in [0.29, 0.717) is 0 Å². The first-order valence-electron chi connectivity index (χ1n) is 6.28. The maximum atomic E-state index is 11.8. The van der Waals surface area contributed by atoms with Crippen molar-refractivity contribution in [3.8, 4) is 0 Å². The summed E-state index contributed by atoms with van der Waals surface area (Å²) in [6.45, 7) is 7.18. The number of hydrogen-bond acceptors (Lipinski definition) is 3. The fourth-order valence-corrected chi connectivity index (χ4v) is 1.73. The lowest BCUT2D eigenvalue weighted by molar-refractivity contribution is -0.137. The molecule has 1 atom stereocenters. The molecule has 17 heavy (non-hydrogen) atoms. The average molecular weight is 241 g/mol. The highest BCUT2D eigenvalue weighted by molar-refractivity contribution is 5.97. The number of nitrogens with zero attached hydrogens (tertiary/aromatic N) is 2. The Morgan fingerprint density at radius 3 is 2.35 bits per heavy atom. The lowest BCUT2D eigenvalue weighted by Crippen LogP contribution is -2.48. The smallest absolute Gasteiger partial charge is 0.232 e. The second-order valence-electron chi connectivity index (χ2n) is 4.74. The van der Waals surface area contributed by atoms with E-state index in [1.54, 1.807) is 4.90 Å². The monoisotopic (exact) mass is 241 g/mol. The van der Waals surface area contributed by atoms with Crippen molar-refractivity contribution < 1.29 is 9.59 Å². The summed E-state index contributed by atoms with van der Waals surface area (Å²) in [6.07, 6.45) is 0.864. The van der Waals surface area contributed by atoms with Crippen molar-refractivity contribution in [2.45, 2.75) is 32.7 Å². The molecule has 1 aliphatic rings. The van der Waals surface area contributed by atoms with E-state index >= 15 is 0 Å². The molecule has 0 aromatic heterocycles. The van der Waals surface area contributed by atoms with Crippen LogP contribution in [-0.4, -0.2) is 60.9 Å². The van der Waals surface area contributed by atoms with E-state index in [9.17, 15) is 9.59 Å². The third-order valence-electron chi connectivity index (χ3n) is 3.19. The Hall–Kier alpha value is -1.10. The van der Waals surface area contributed by atoms with Gasteiger partial charge in [-0.05, 0) is 20.4 Å². The lowest BCUT2D eigenvalue weighted by Gasteiger charge is -2.32. The zero-order valence-corrected chi connectivity index (χ0v) is 11.0. The van der Waals surface area contributed by atoms with Crippen LogP contribution in [0.2, 0.25) is 0 Å². The third kappa shape index (κ3) is 4.73. The molecule has 2 amide bonds. The van der Waals surface area contributed by atoms with E-state index in [1.165, 1.54) is 0 Å². The van der Waals surface area contributed by atoms with E-state index in [4.69, 9.17) is 0 Å². The normalized spacial score (nSPS) is 18.9. The van der Waals surface area contributed by atoms with Gasteiger partial charge in [-0.1, -0.05) is 6.92 Å². The molecule has 0 bridgehead atoms. The summed E-state index contributed by atoms with van der Waals surface area (Å²) in [5, 5.41) is 2.81. The minimum absolute atomic E-state index is 0.0198. The highest BCUT2D eigenvalue weighted by Crippen LogP contribution is 2.02. The largest absolute Gasteiger partial charge is 0.353 e. The first-order valence-corrected chi connectivity index (χ1v) is 6.28. The summed E-state index contributed by atoms with van der Waals surface area (Å²) >= 11 is 0. The van der Waals surface area contributed by atoms with Crippen LogP contribution in [0.4, 0.5) is 0 Å². The van der Waals surface area contributed by atoms with Crippen molar-refractivity contribution in [3.05, 3.63) is 0 Å². The zero-order chi connectivity index (χ0) is 12.8. The Morgan fingerprint density at radius 2 is 1.82 bits per heavy atom. The molecule has 98 valence electrons. The molecule has 1 saturated heterocycles. The van der Waals surface area contributed by atoms with Crippen LogP contribution in [0.25, 0.3) is 0 Å². The number of hydrogen-bond donors (Lipinski definition) is 1. The molecule has 1 aliphatic heterocycles. The number of piperazine rings is 1.